The second-order valence-corrected chi connectivity index (χ2v) is 8.91. The van der Waals surface area contributed by atoms with Gasteiger partial charge in [-0.05, 0) is 48.4 Å². The Labute approximate surface area is 180 Å². The van der Waals surface area contributed by atoms with E-state index >= 15 is 0 Å². The van der Waals surface area contributed by atoms with Crippen molar-refractivity contribution in [1.29, 1.82) is 0 Å². The Morgan fingerprint density at radius 3 is 2.07 bits per heavy atom. The first kappa shape index (κ1) is 20.3. The molecule has 3 heteroatoms. The second-order valence-electron chi connectivity index (χ2n) is 8.91. The highest BCUT2D eigenvalue weighted by Crippen LogP contribution is 2.36. The molecule has 0 fully saturated rings. The molecule has 0 unspecified atom stereocenters. The summed E-state index contributed by atoms with van der Waals surface area (Å²) in [6.45, 7) is 13.4. The Kier molecular flexibility index (Phi) is 5.23. The molecule has 0 saturated heterocycles. The zero-order chi connectivity index (χ0) is 21.6. The van der Waals surface area contributed by atoms with Crippen LogP contribution in [0.25, 0.3) is 28.0 Å². The first-order chi connectivity index (χ1) is 14.3. The maximum Gasteiger partial charge on any atom is 0.239 e. The highest BCUT2D eigenvalue weighted by molar-refractivity contribution is 5.91. The number of hydrogen-bond acceptors (Lipinski definition) is 1. The molecule has 0 saturated carbocycles. The molecule has 154 valence electrons. The molecule has 2 aromatic carbocycles. The van der Waals surface area contributed by atoms with E-state index in [9.17, 15) is 0 Å². The minimum Gasteiger partial charge on any atom is -0.290 e. The van der Waals surface area contributed by atoms with Crippen molar-refractivity contribution in [3.63, 3.8) is 0 Å². The topological polar surface area (TPSA) is 21.7 Å². The monoisotopic (exact) mass is 398 g/mol. The lowest BCUT2D eigenvalue weighted by molar-refractivity contribution is -0.659. The molecule has 0 aliphatic heterocycles. The van der Waals surface area contributed by atoms with Crippen LogP contribution < -0.4 is 4.57 Å². The van der Waals surface area contributed by atoms with Crippen molar-refractivity contribution in [2.45, 2.75) is 53.4 Å². The van der Waals surface area contributed by atoms with E-state index < -0.39 is 0 Å². The average Bonchev–Trinajstić information content (AvgIpc) is 3.03. The number of para-hydroxylation sites is 1. The molecule has 0 aliphatic rings. The van der Waals surface area contributed by atoms with Crippen LogP contribution in [-0.4, -0.2) is 9.55 Å². The highest BCUT2D eigenvalue weighted by Gasteiger charge is 2.26. The molecule has 2 aromatic heterocycles. The SMILES string of the molecule is Cc1ccccc1-c1c2c(cc[n+]1C)nc(C)n2-c1c(C(C)C)cccc1C(C)C. The molecule has 4 aromatic rings. The molecule has 0 N–H and O–H groups in total. The van der Waals surface area contributed by atoms with Crippen LogP contribution in [0.3, 0.4) is 0 Å². The molecule has 0 radical (unpaired) electrons. The van der Waals surface area contributed by atoms with E-state index in [0.29, 0.717) is 11.8 Å². The van der Waals surface area contributed by atoms with E-state index in [1.54, 1.807) is 0 Å². The van der Waals surface area contributed by atoms with E-state index in [1.807, 2.05) is 0 Å². The number of rotatable bonds is 4. The van der Waals surface area contributed by atoms with Crippen molar-refractivity contribution in [3.05, 3.63) is 77.2 Å². The number of fused-ring (bicyclic) bond motifs is 1. The number of pyridine rings is 1. The number of aryl methyl sites for hydroxylation is 3. The average molecular weight is 399 g/mol. The van der Waals surface area contributed by atoms with Crippen LogP contribution >= 0.6 is 0 Å². The van der Waals surface area contributed by atoms with Gasteiger partial charge in [-0.15, -0.1) is 0 Å². The van der Waals surface area contributed by atoms with Crippen molar-refractivity contribution in [2.24, 2.45) is 7.05 Å². The Bertz CT molecular complexity index is 1200. The standard InChI is InChI=1S/C27H32N3/c1-17(2)21-13-10-14-22(18(3)4)25(21)30-20(6)28-24-15-16-29(7)26(27(24)30)23-12-9-8-11-19(23)5/h8-18H,1-7H3/q+1. The number of nitrogens with zero attached hydrogens (tertiary/aromatic N) is 3. The lowest BCUT2D eigenvalue weighted by atomic mass is 9.92. The lowest BCUT2D eigenvalue weighted by Gasteiger charge is -2.22. The van der Waals surface area contributed by atoms with Gasteiger partial charge < -0.3 is 0 Å². The quantitative estimate of drug-likeness (QED) is 0.366. The summed E-state index contributed by atoms with van der Waals surface area (Å²) in [5, 5.41) is 0. The third kappa shape index (κ3) is 3.23. The Hall–Kier alpha value is -2.94. The third-order valence-corrected chi connectivity index (χ3v) is 6.07. The van der Waals surface area contributed by atoms with Crippen molar-refractivity contribution in [3.8, 4) is 16.9 Å². The van der Waals surface area contributed by atoms with Gasteiger partial charge in [0, 0.05) is 6.07 Å². The summed E-state index contributed by atoms with van der Waals surface area (Å²) >= 11 is 0. The maximum atomic E-state index is 5.00. The Morgan fingerprint density at radius 2 is 1.47 bits per heavy atom. The smallest absolute Gasteiger partial charge is 0.239 e. The van der Waals surface area contributed by atoms with Crippen LogP contribution in [0.15, 0.2) is 54.7 Å². The maximum absolute atomic E-state index is 5.00. The summed E-state index contributed by atoms with van der Waals surface area (Å²) in [7, 11) is 2.13. The van der Waals surface area contributed by atoms with Gasteiger partial charge >= 0.3 is 0 Å². The predicted molar refractivity (Wildman–Crippen MR) is 125 cm³/mol. The van der Waals surface area contributed by atoms with Gasteiger partial charge in [-0.2, -0.15) is 4.57 Å². The third-order valence-electron chi connectivity index (χ3n) is 6.07. The first-order valence-electron chi connectivity index (χ1n) is 10.9. The van der Waals surface area contributed by atoms with Crippen LogP contribution in [0.4, 0.5) is 0 Å². The molecule has 0 bridgehead atoms. The van der Waals surface area contributed by atoms with Crippen LogP contribution in [0.2, 0.25) is 0 Å². The lowest BCUT2D eigenvalue weighted by Crippen LogP contribution is -2.31. The summed E-state index contributed by atoms with van der Waals surface area (Å²) in [6, 6.07) is 17.5. The van der Waals surface area contributed by atoms with Gasteiger partial charge in [-0.25, -0.2) is 4.98 Å². The summed E-state index contributed by atoms with van der Waals surface area (Å²) in [4.78, 5) is 5.00. The number of hydrogen-bond donors (Lipinski definition) is 0. The van der Waals surface area contributed by atoms with Gasteiger partial charge in [0.2, 0.25) is 5.69 Å². The van der Waals surface area contributed by atoms with Gasteiger partial charge in [0.25, 0.3) is 0 Å². The van der Waals surface area contributed by atoms with Gasteiger partial charge in [-0.1, -0.05) is 64.1 Å². The van der Waals surface area contributed by atoms with Gasteiger partial charge in [0.1, 0.15) is 23.9 Å². The van der Waals surface area contributed by atoms with E-state index in [0.717, 1.165) is 11.3 Å². The molecule has 0 aliphatic carbocycles. The normalized spacial score (nSPS) is 11.8. The molecule has 0 atom stereocenters. The van der Waals surface area contributed by atoms with Crippen molar-refractivity contribution >= 4 is 11.0 Å². The second kappa shape index (κ2) is 7.71. The molecule has 4 rings (SSSR count). The Morgan fingerprint density at radius 1 is 0.833 bits per heavy atom. The van der Waals surface area contributed by atoms with E-state index in [4.69, 9.17) is 4.98 Å². The fourth-order valence-electron chi connectivity index (χ4n) is 4.52. The van der Waals surface area contributed by atoms with Crippen LogP contribution in [0.5, 0.6) is 0 Å². The van der Waals surface area contributed by atoms with Gasteiger partial charge in [0.05, 0.1) is 11.3 Å². The number of benzene rings is 2. The fourth-order valence-corrected chi connectivity index (χ4v) is 4.52. The minimum absolute atomic E-state index is 0.426. The molecular weight excluding hydrogens is 366 g/mol. The fraction of sp³-hybridized carbons (Fsp3) is 0.333. The number of imidazole rings is 1. The zero-order valence-corrected chi connectivity index (χ0v) is 19.2. The largest absolute Gasteiger partial charge is 0.290 e. The van der Waals surface area contributed by atoms with Crippen LogP contribution in [0.1, 0.15) is 62.0 Å². The van der Waals surface area contributed by atoms with Gasteiger partial charge in [-0.3, -0.25) is 4.57 Å². The van der Waals surface area contributed by atoms with Gasteiger partial charge in [0.15, 0.2) is 6.20 Å². The molecular formula is C27H32N3+. The van der Waals surface area contributed by atoms with E-state index in [2.05, 4.69) is 112 Å². The van der Waals surface area contributed by atoms with Crippen LogP contribution in [0, 0.1) is 13.8 Å². The predicted octanol–water partition coefficient (Wildman–Crippen LogP) is 6.38. The first-order valence-corrected chi connectivity index (χ1v) is 10.9. The summed E-state index contributed by atoms with van der Waals surface area (Å²) in [5.74, 6) is 1.88. The van der Waals surface area contributed by atoms with Crippen molar-refractivity contribution in [1.82, 2.24) is 9.55 Å². The molecule has 0 spiro atoms. The molecule has 2 heterocycles. The summed E-state index contributed by atoms with van der Waals surface area (Å²) in [6.07, 6.45) is 2.12. The van der Waals surface area contributed by atoms with Crippen LogP contribution in [-0.2, 0) is 7.05 Å². The van der Waals surface area contributed by atoms with Crippen molar-refractivity contribution < 1.29 is 4.57 Å². The molecule has 3 nitrogen and oxygen atoms in total. The number of aromatic nitrogens is 3. The summed E-state index contributed by atoms with van der Waals surface area (Å²) in [5.41, 5.74) is 9.98. The minimum atomic E-state index is 0.426. The van der Waals surface area contributed by atoms with Crippen molar-refractivity contribution in [2.75, 3.05) is 0 Å². The van der Waals surface area contributed by atoms with E-state index in [-0.39, 0.29) is 0 Å². The zero-order valence-electron chi connectivity index (χ0n) is 19.2. The Balaban J connectivity index is 2.20. The molecule has 30 heavy (non-hydrogen) atoms. The highest BCUT2D eigenvalue weighted by atomic mass is 15.1. The summed E-state index contributed by atoms with van der Waals surface area (Å²) < 4.78 is 4.64. The van der Waals surface area contributed by atoms with E-state index in [1.165, 1.54) is 39.2 Å². The molecule has 0 amide bonds.